The standard InChI is InChI=1S/C15H18N2O4/c1-19-13-5-2-6-14(8-13)20-11-15(18)16-7-3-4-12-9-17-21-10-12/h2,5-6,8-10H,3-4,7,11H2,1H3,(H,16,18). The van der Waals surface area contributed by atoms with E-state index in [0.717, 1.165) is 18.4 Å². The summed E-state index contributed by atoms with van der Waals surface area (Å²) in [5.41, 5.74) is 1.02. The summed E-state index contributed by atoms with van der Waals surface area (Å²) in [6.07, 6.45) is 4.92. The van der Waals surface area contributed by atoms with Crippen LogP contribution in [0.5, 0.6) is 11.5 Å². The van der Waals surface area contributed by atoms with E-state index in [0.29, 0.717) is 18.0 Å². The van der Waals surface area contributed by atoms with Gasteiger partial charge in [0.2, 0.25) is 0 Å². The minimum Gasteiger partial charge on any atom is -0.497 e. The lowest BCUT2D eigenvalue weighted by Crippen LogP contribution is -2.29. The van der Waals surface area contributed by atoms with E-state index in [9.17, 15) is 4.79 Å². The number of nitrogens with one attached hydrogen (secondary N) is 1. The predicted octanol–water partition coefficient (Wildman–Crippen LogP) is 1.81. The van der Waals surface area contributed by atoms with E-state index in [1.807, 2.05) is 12.1 Å². The number of benzene rings is 1. The summed E-state index contributed by atoms with van der Waals surface area (Å²) < 4.78 is 15.2. The Morgan fingerprint density at radius 2 is 2.24 bits per heavy atom. The number of carbonyl (C=O) groups is 1. The summed E-state index contributed by atoms with van der Waals surface area (Å²) in [7, 11) is 1.58. The first kappa shape index (κ1) is 14.9. The van der Waals surface area contributed by atoms with Crippen molar-refractivity contribution in [2.45, 2.75) is 12.8 Å². The van der Waals surface area contributed by atoms with Crippen LogP contribution in [-0.2, 0) is 11.2 Å². The van der Waals surface area contributed by atoms with Crippen molar-refractivity contribution in [2.75, 3.05) is 20.3 Å². The van der Waals surface area contributed by atoms with Crippen molar-refractivity contribution in [1.29, 1.82) is 0 Å². The lowest BCUT2D eigenvalue weighted by Gasteiger charge is -2.08. The van der Waals surface area contributed by atoms with E-state index in [1.165, 1.54) is 0 Å². The van der Waals surface area contributed by atoms with Crippen LogP contribution >= 0.6 is 0 Å². The zero-order chi connectivity index (χ0) is 14.9. The van der Waals surface area contributed by atoms with Gasteiger partial charge in [-0.05, 0) is 25.0 Å². The Hall–Kier alpha value is -2.50. The zero-order valence-corrected chi connectivity index (χ0v) is 11.9. The average molecular weight is 290 g/mol. The molecule has 0 aliphatic heterocycles. The number of hydrogen-bond donors (Lipinski definition) is 1. The van der Waals surface area contributed by atoms with Gasteiger partial charge in [0, 0.05) is 18.2 Å². The number of aromatic nitrogens is 1. The van der Waals surface area contributed by atoms with Gasteiger partial charge in [-0.25, -0.2) is 0 Å². The van der Waals surface area contributed by atoms with Crippen LogP contribution in [0.25, 0.3) is 0 Å². The topological polar surface area (TPSA) is 73.6 Å². The van der Waals surface area contributed by atoms with E-state index >= 15 is 0 Å². The smallest absolute Gasteiger partial charge is 0.257 e. The number of amides is 1. The van der Waals surface area contributed by atoms with Gasteiger partial charge in [0.1, 0.15) is 17.8 Å². The first-order valence-corrected chi connectivity index (χ1v) is 6.70. The fourth-order valence-electron chi connectivity index (χ4n) is 1.76. The van der Waals surface area contributed by atoms with Crippen LogP contribution in [0.2, 0.25) is 0 Å². The molecule has 0 saturated carbocycles. The average Bonchev–Trinajstić information content (AvgIpc) is 3.03. The minimum atomic E-state index is -0.150. The molecular formula is C15H18N2O4. The van der Waals surface area contributed by atoms with Gasteiger partial charge in [-0.15, -0.1) is 0 Å². The van der Waals surface area contributed by atoms with Crippen molar-refractivity contribution in [1.82, 2.24) is 10.5 Å². The third-order valence-corrected chi connectivity index (χ3v) is 2.86. The Kier molecular flexibility index (Phi) is 5.63. The first-order chi connectivity index (χ1) is 10.3. The molecule has 0 radical (unpaired) electrons. The van der Waals surface area contributed by atoms with Crippen molar-refractivity contribution < 1.29 is 18.8 Å². The maximum Gasteiger partial charge on any atom is 0.257 e. The molecule has 2 rings (SSSR count). The summed E-state index contributed by atoms with van der Waals surface area (Å²) >= 11 is 0. The monoisotopic (exact) mass is 290 g/mol. The first-order valence-electron chi connectivity index (χ1n) is 6.70. The number of rotatable bonds is 8. The number of carbonyl (C=O) groups excluding carboxylic acids is 1. The van der Waals surface area contributed by atoms with Crippen LogP contribution in [0.15, 0.2) is 41.2 Å². The number of nitrogens with zero attached hydrogens (tertiary/aromatic N) is 1. The summed E-state index contributed by atoms with van der Waals surface area (Å²) in [5.74, 6) is 1.15. The second kappa shape index (κ2) is 7.94. The molecule has 0 saturated heterocycles. The maximum absolute atomic E-state index is 11.6. The molecule has 0 fully saturated rings. The normalized spacial score (nSPS) is 10.1. The van der Waals surface area contributed by atoms with Crippen molar-refractivity contribution in [3.05, 3.63) is 42.3 Å². The van der Waals surface area contributed by atoms with Crippen LogP contribution in [0, 0.1) is 0 Å². The van der Waals surface area contributed by atoms with Crippen molar-refractivity contribution in [3.63, 3.8) is 0 Å². The minimum absolute atomic E-state index is 0.0135. The molecule has 0 bridgehead atoms. The van der Waals surface area contributed by atoms with E-state index in [-0.39, 0.29) is 12.5 Å². The largest absolute Gasteiger partial charge is 0.497 e. The molecule has 6 heteroatoms. The molecule has 2 aromatic rings. The van der Waals surface area contributed by atoms with Crippen LogP contribution < -0.4 is 14.8 Å². The van der Waals surface area contributed by atoms with Crippen molar-refractivity contribution >= 4 is 5.91 Å². The van der Waals surface area contributed by atoms with Crippen LogP contribution in [-0.4, -0.2) is 31.3 Å². The highest BCUT2D eigenvalue weighted by Crippen LogP contribution is 2.18. The summed E-state index contributed by atoms with van der Waals surface area (Å²) in [6.45, 7) is 0.575. The molecule has 21 heavy (non-hydrogen) atoms. The molecule has 1 aromatic carbocycles. The summed E-state index contributed by atoms with van der Waals surface area (Å²) in [5, 5.41) is 6.42. The van der Waals surface area contributed by atoms with Gasteiger partial charge in [-0.2, -0.15) is 0 Å². The molecule has 0 unspecified atom stereocenters. The maximum atomic E-state index is 11.6. The highest BCUT2D eigenvalue weighted by atomic mass is 16.5. The van der Waals surface area contributed by atoms with Gasteiger partial charge >= 0.3 is 0 Å². The fourth-order valence-corrected chi connectivity index (χ4v) is 1.76. The third kappa shape index (κ3) is 5.18. The quantitative estimate of drug-likeness (QED) is 0.751. The molecule has 0 aliphatic rings. The highest BCUT2D eigenvalue weighted by Gasteiger charge is 2.03. The van der Waals surface area contributed by atoms with Gasteiger partial charge in [0.25, 0.3) is 5.91 Å². The van der Waals surface area contributed by atoms with Crippen LogP contribution in [0.3, 0.4) is 0 Å². The van der Waals surface area contributed by atoms with Crippen LogP contribution in [0.1, 0.15) is 12.0 Å². The Labute approximate surface area is 123 Å². The molecule has 1 heterocycles. The Bertz CT molecular complexity index is 555. The molecule has 1 N–H and O–H groups in total. The number of hydrogen-bond acceptors (Lipinski definition) is 5. The van der Waals surface area contributed by atoms with Gasteiger partial charge in [-0.3, -0.25) is 4.79 Å². The Morgan fingerprint density at radius 1 is 1.38 bits per heavy atom. The molecule has 0 spiro atoms. The fraction of sp³-hybridized carbons (Fsp3) is 0.333. The van der Waals surface area contributed by atoms with E-state index in [1.54, 1.807) is 31.7 Å². The number of aryl methyl sites for hydroxylation is 1. The van der Waals surface area contributed by atoms with Crippen LogP contribution in [0.4, 0.5) is 0 Å². The Balaban J connectivity index is 1.62. The second-order valence-corrected chi connectivity index (χ2v) is 4.45. The van der Waals surface area contributed by atoms with Gasteiger partial charge in [0.05, 0.1) is 13.3 Å². The molecular weight excluding hydrogens is 272 g/mol. The molecule has 6 nitrogen and oxygen atoms in total. The third-order valence-electron chi connectivity index (χ3n) is 2.86. The molecule has 1 aromatic heterocycles. The second-order valence-electron chi connectivity index (χ2n) is 4.45. The molecule has 0 aliphatic carbocycles. The molecule has 0 atom stereocenters. The zero-order valence-electron chi connectivity index (χ0n) is 11.9. The lowest BCUT2D eigenvalue weighted by atomic mass is 10.2. The van der Waals surface area contributed by atoms with Gasteiger partial charge in [-0.1, -0.05) is 11.2 Å². The SMILES string of the molecule is COc1cccc(OCC(=O)NCCCc2cnoc2)c1. The van der Waals surface area contributed by atoms with E-state index < -0.39 is 0 Å². The highest BCUT2D eigenvalue weighted by molar-refractivity contribution is 5.77. The van der Waals surface area contributed by atoms with Gasteiger partial charge in [0.15, 0.2) is 6.61 Å². The van der Waals surface area contributed by atoms with Crippen molar-refractivity contribution in [3.8, 4) is 11.5 Å². The summed E-state index contributed by atoms with van der Waals surface area (Å²) in [6, 6.07) is 7.14. The predicted molar refractivity (Wildman–Crippen MR) is 76.3 cm³/mol. The molecule has 1 amide bonds. The number of ether oxygens (including phenoxy) is 2. The Morgan fingerprint density at radius 3 is 3.00 bits per heavy atom. The van der Waals surface area contributed by atoms with Crippen molar-refractivity contribution in [2.24, 2.45) is 0 Å². The van der Waals surface area contributed by atoms with E-state index in [4.69, 9.17) is 14.0 Å². The number of methoxy groups -OCH3 is 1. The lowest BCUT2D eigenvalue weighted by molar-refractivity contribution is -0.123. The molecule has 112 valence electrons. The van der Waals surface area contributed by atoms with Gasteiger partial charge < -0.3 is 19.3 Å². The summed E-state index contributed by atoms with van der Waals surface area (Å²) in [4.78, 5) is 11.6. The van der Waals surface area contributed by atoms with E-state index in [2.05, 4.69) is 10.5 Å².